The Morgan fingerprint density at radius 1 is 1.30 bits per heavy atom. The minimum absolute atomic E-state index is 0.0178. The molecule has 1 rings (SSSR count). The first-order chi connectivity index (χ1) is 9.72. The molecule has 1 amide bonds. The van der Waals surface area contributed by atoms with E-state index in [-0.39, 0.29) is 5.91 Å². The largest absolute Gasteiger partial charge is 0.340 e. The van der Waals surface area contributed by atoms with E-state index in [0.29, 0.717) is 38.5 Å². The molecule has 6 heteroatoms. The molecule has 6 nitrogen and oxygen atoms in total. The van der Waals surface area contributed by atoms with Gasteiger partial charge in [0.1, 0.15) is 0 Å². The average Bonchev–Trinajstić information content (AvgIpc) is 2.98. The fraction of sp³-hybridized carbons (Fsp3) is 0.786. The van der Waals surface area contributed by atoms with Crippen molar-refractivity contribution in [1.82, 2.24) is 15.1 Å². The number of likely N-dealkylation sites (N-methyl/N-ethyl adjacent to an activating group) is 1. The Labute approximate surface area is 120 Å². The van der Waals surface area contributed by atoms with Crippen LogP contribution < -0.4 is 5.32 Å². The molecule has 1 aliphatic heterocycles. The Kier molecular flexibility index (Phi) is 7.64. The molecule has 20 heavy (non-hydrogen) atoms. The second-order valence-corrected chi connectivity index (χ2v) is 4.91. The predicted molar refractivity (Wildman–Crippen MR) is 75.6 cm³/mol. The van der Waals surface area contributed by atoms with Crippen molar-refractivity contribution in [3.05, 3.63) is 0 Å². The highest BCUT2D eigenvalue weighted by Gasteiger charge is 2.24. The van der Waals surface area contributed by atoms with Crippen LogP contribution in [0.5, 0.6) is 0 Å². The third-order valence-electron chi connectivity index (χ3n) is 3.63. The zero-order valence-electron chi connectivity index (χ0n) is 12.1. The molecule has 110 valence electrons. The maximum atomic E-state index is 12.3. The molecule has 0 aromatic rings. The predicted octanol–water partition coefficient (Wildman–Crippen LogP) is 0.326. The van der Waals surface area contributed by atoms with E-state index in [0.717, 1.165) is 26.1 Å². The van der Waals surface area contributed by atoms with Gasteiger partial charge in [-0.1, -0.05) is 6.92 Å². The summed E-state index contributed by atoms with van der Waals surface area (Å²) in [6.07, 6.45) is 1.69. The monoisotopic (exact) mass is 277 g/mol. The van der Waals surface area contributed by atoms with E-state index in [1.165, 1.54) is 0 Å². The van der Waals surface area contributed by atoms with Crippen LogP contribution in [0.15, 0.2) is 0 Å². The van der Waals surface area contributed by atoms with Crippen LogP contribution in [0.3, 0.4) is 0 Å². The number of rotatable bonds is 8. The lowest BCUT2D eigenvalue weighted by Crippen LogP contribution is -2.45. The van der Waals surface area contributed by atoms with Crippen molar-refractivity contribution in [2.45, 2.75) is 32.2 Å². The molecule has 1 fully saturated rings. The molecule has 0 aliphatic carbocycles. The lowest BCUT2D eigenvalue weighted by Gasteiger charge is -2.29. The first kappa shape index (κ1) is 16.4. The summed E-state index contributed by atoms with van der Waals surface area (Å²) in [5.74, 6) is 0.0178. The van der Waals surface area contributed by atoms with Gasteiger partial charge < -0.3 is 10.2 Å². The standard InChI is InChI=1S/C14H23N5O/c1-2-18(13-5-8-17-11-13)12-14(20)19(9-3-6-15)10-4-7-16/h13,17H,2-5,8-12H2,1H3. The number of hydrogen-bond donors (Lipinski definition) is 1. The van der Waals surface area contributed by atoms with Gasteiger partial charge in [-0.25, -0.2) is 0 Å². The maximum Gasteiger partial charge on any atom is 0.236 e. The van der Waals surface area contributed by atoms with E-state index in [9.17, 15) is 4.79 Å². The quantitative estimate of drug-likeness (QED) is 0.691. The maximum absolute atomic E-state index is 12.3. The highest BCUT2D eigenvalue weighted by molar-refractivity contribution is 5.78. The molecule has 1 heterocycles. The Morgan fingerprint density at radius 2 is 1.95 bits per heavy atom. The van der Waals surface area contributed by atoms with Gasteiger partial charge in [-0.2, -0.15) is 10.5 Å². The topological polar surface area (TPSA) is 83.2 Å². The molecule has 1 aliphatic rings. The molecule has 1 atom stereocenters. The highest BCUT2D eigenvalue weighted by Crippen LogP contribution is 2.09. The fourth-order valence-electron chi connectivity index (χ4n) is 2.46. The molecule has 0 bridgehead atoms. The van der Waals surface area contributed by atoms with Gasteiger partial charge in [0.15, 0.2) is 0 Å². The molecule has 1 unspecified atom stereocenters. The number of nitrogens with one attached hydrogen (secondary N) is 1. The van der Waals surface area contributed by atoms with Crippen LogP contribution in [0.4, 0.5) is 0 Å². The summed E-state index contributed by atoms with van der Waals surface area (Å²) >= 11 is 0. The van der Waals surface area contributed by atoms with Crippen molar-refractivity contribution in [2.75, 3.05) is 39.3 Å². The van der Waals surface area contributed by atoms with Gasteiger partial charge in [0.2, 0.25) is 5.91 Å². The molecule has 0 aromatic heterocycles. The first-order valence-electron chi connectivity index (χ1n) is 7.19. The van der Waals surface area contributed by atoms with E-state index < -0.39 is 0 Å². The van der Waals surface area contributed by atoms with Gasteiger partial charge in [-0.3, -0.25) is 9.69 Å². The van der Waals surface area contributed by atoms with Crippen LogP contribution in [0.2, 0.25) is 0 Å². The first-order valence-corrected chi connectivity index (χ1v) is 7.19. The summed E-state index contributed by atoms with van der Waals surface area (Å²) in [6.45, 7) is 6.02. The lowest BCUT2D eigenvalue weighted by molar-refractivity contribution is -0.132. The number of carbonyl (C=O) groups excluding carboxylic acids is 1. The Bertz CT molecular complexity index is 360. The smallest absolute Gasteiger partial charge is 0.236 e. The van der Waals surface area contributed by atoms with E-state index in [1.807, 2.05) is 0 Å². The third kappa shape index (κ3) is 5.16. The SMILES string of the molecule is CCN(CC(=O)N(CCC#N)CCC#N)C1CCNC1. The van der Waals surface area contributed by atoms with Crippen molar-refractivity contribution in [2.24, 2.45) is 0 Å². The van der Waals surface area contributed by atoms with Crippen molar-refractivity contribution < 1.29 is 4.79 Å². The molecular weight excluding hydrogens is 254 g/mol. The zero-order chi connectivity index (χ0) is 14.8. The van der Waals surface area contributed by atoms with E-state index in [4.69, 9.17) is 10.5 Å². The van der Waals surface area contributed by atoms with Gasteiger partial charge in [-0.05, 0) is 19.5 Å². The molecule has 0 spiro atoms. The summed E-state index contributed by atoms with van der Waals surface area (Å²) in [7, 11) is 0. The molecular formula is C14H23N5O. The minimum Gasteiger partial charge on any atom is -0.340 e. The second kappa shape index (κ2) is 9.30. The number of amides is 1. The van der Waals surface area contributed by atoms with Crippen LogP contribution in [-0.2, 0) is 4.79 Å². The van der Waals surface area contributed by atoms with Crippen LogP contribution >= 0.6 is 0 Å². The number of nitrogens with zero attached hydrogens (tertiary/aromatic N) is 4. The van der Waals surface area contributed by atoms with E-state index in [1.54, 1.807) is 4.90 Å². The second-order valence-electron chi connectivity index (χ2n) is 4.91. The van der Waals surface area contributed by atoms with Crippen LogP contribution in [-0.4, -0.2) is 61.0 Å². The fourth-order valence-corrected chi connectivity index (χ4v) is 2.46. The number of hydrogen-bond acceptors (Lipinski definition) is 5. The van der Waals surface area contributed by atoms with Gasteiger partial charge in [0.25, 0.3) is 0 Å². The molecule has 1 saturated heterocycles. The molecule has 0 aromatic carbocycles. The Morgan fingerprint density at radius 3 is 2.40 bits per heavy atom. The van der Waals surface area contributed by atoms with Crippen LogP contribution in [0.1, 0.15) is 26.2 Å². The van der Waals surface area contributed by atoms with Crippen molar-refractivity contribution >= 4 is 5.91 Å². The Hall–Kier alpha value is -1.63. The van der Waals surface area contributed by atoms with Crippen LogP contribution in [0.25, 0.3) is 0 Å². The molecule has 0 radical (unpaired) electrons. The summed E-state index contributed by atoms with van der Waals surface area (Å²) in [6, 6.07) is 4.52. The summed E-state index contributed by atoms with van der Waals surface area (Å²) in [5, 5.41) is 20.6. The summed E-state index contributed by atoms with van der Waals surface area (Å²) in [4.78, 5) is 16.1. The van der Waals surface area contributed by atoms with Crippen LogP contribution in [0, 0.1) is 22.7 Å². The zero-order valence-corrected chi connectivity index (χ0v) is 12.1. The third-order valence-corrected chi connectivity index (χ3v) is 3.63. The van der Waals surface area contributed by atoms with E-state index in [2.05, 4.69) is 29.3 Å². The molecule has 0 saturated carbocycles. The average molecular weight is 277 g/mol. The Balaban J connectivity index is 2.53. The normalized spacial score (nSPS) is 17.7. The minimum atomic E-state index is 0.0178. The van der Waals surface area contributed by atoms with Crippen molar-refractivity contribution in [3.8, 4) is 12.1 Å². The highest BCUT2D eigenvalue weighted by atomic mass is 16.2. The summed E-state index contributed by atoms with van der Waals surface area (Å²) < 4.78 is 0. The van der Waals surface area contributed by atoms with Crippen molar-refractivity contribution in [1.29, 1.82) is 10.5 Å². The number of carbonyl (C=O) groups is 1. The van der Waals surface area contributed by atoms with Crippen molar-refractivity contribution in [3.63, 3.8) is 0 Å². The summed E-state index contributed by atoms with van der Waals surface area (Å²) in [5.41, 5.74) is 0. The van der Waals surface area contributed by atoms with Gasteiger partial charge in [0, 0.05) is 25.7 Å². The van der Waals surface area contributed by atoms with Gasteiger partial charge in [0.05, 0.1) is 31.5 Å². The number of nitriles is 2. The van der Waals surface area contributed by atoms with E-state index >= 15 is 0 Å². The van der Waals surface area contributed by atoms with Gasteiger partial charge in [-0.15, -0.1) is 0 Å². The lowest BCUT2D eigenvalue weighted by atomic mass is 10.2. The van der Waals surface area contributed by atoms with Gasteiger partial charge >= 0.3 is 0 Å². The molecule has 1 N–H and O–H groups in total.